The molecule has 1 saturated heterocycles. The second-order valence-electron chi connectivity index (χ2n) is 5.28. The Bertz CT molecular complexity index is 329. The summed E-state index contributed by atoms with van der Waals surface area (Å²) in [5, 5.41) is 0.827. The summed E-state index contributed by atoms with van der Waals surface area (Å²) in [6.45, 7) is 7.08. The molecule has 0 aromatic heterocycles. The molecule has 4 nitrogen and oxygen atoms in total. The summed E-state index contributed by atoms with van der Waals surface area (Å²) in [4.78, 5) is 0. The number of halogens is 1. The van der Waals surface area contributed by atoms with E-state index < -0.39 is 14.8 Å². The molecule has 102 valence electrons. The molecule has 0 aliphatic carbocycles. The van der Waals surface area contributed by atoms with Crippen molar-refractivity contribution in [2.45, 2.75) is 44.5 Å². The molecular formula is C11H22BrNO3S. The zero-order valence-electron chi connectivity index (χ0n) is 10.8. The van der Waals surface area contributed by atoms with Crippen molar-refractivity contribution in [1.29, 1.82) is 0 Å². The largest absolute Gasteiger partial charge is 0.377 e. The normalized spacial score (nSPS) is 20.7. The van der Waals surface area contributed by atoms with Crippen molar-refractivity contribution in [2.75, 3.05) is 25.0 Å². The van der Waals surface area contributed by atoms with E-state index in [1.54, 1.807) is 25.1 Å². The first-order valence-electron chi connectivity index (χ1n) is 5.96. The van der Waals surface area contributed by atoms with E-state index in [1.807, 2.05) is 0 Å². The van der Waals surface area contributed by atoms with E-state index in [0.29, 0.717) is 19.7 Å². The number of nitrogens with zero attached hydrogens (tertiary/aromatic N) is 1. The molecule has 0 radical (unpaired) electrons. The van der Waals surface area contributed by atoms with Gasteiger partial charge in [-0.05, 0) is 33.6 Å². The predicted octanol–water partition coefficient (Wildman–Crippen LogP) is 1.99. The van der Waals surface area contributed by atoms with Crippen LogP contribution in [0.3, 0.4) is 0 Å². The smallest absolute Gasteiger partial charge is 0.219 e. The third kappa shape index (κ3) is 3.91. The molecule has 1 heterocycles. The lowest BCUT2D eigenvalue weighted by Crippen LogP contribution is -2.47. The lowest BCUT2D eigenvalue weighted by Gasteiger charge is -2.35. The highest BCUT2D eigenvalue weighted by atomic mass is 79.9. The molecular weight excluding hydrogens is 306 g/mol. The van der Waals surface area contributed by atoms with Crippen LogP contribution in [0, 0.1) is 0 Å². The van der Waals surface area contributed by atoms with E-state index in [9.17, 15) is 8.42 Å². The Kier molecular flexibility index (Phi) is 5.43. The molecule has 0 saturated carbocycles. The van der Waals surface area contributed by atoms with Crippen molar-refractivity contribution in [3.63, 3.8) is 0 Å². The van der Waals surface area contributed by atoms with Gasteiger partial charge in [-0.15, -0.1) is 0 Å². The molecule has 1 aliphatic heterocycles. The zero-order chi connectivity index (χ0) is 13.1. The van der Waals surface area contributed by atoms with E-state index in [-0.39, 0.29) is 6.10 Å². The van der Waals surface area contributed by atoms with Crippen LogP contribution in [0.25, 0.3) is 0 Å². The maximum atomic E-state index is 12.2. The van der Waals surface area contributed by atoms with Gasteiger partial charge in [0.25, 0.3) is 0 Å². The van der Waals surface area contributed by atoms with Crippen molar-refractivity contribution in [1.82, 2.24) is 4.31 Å². The molecule has 1 rings (SSSR count). The standard InChI is InChI=1S/C11H22BrNO3S/c1-11(2,3)17(14,15)13-7-4-10(5-8-13)16-9-6-12/h10H,4-9H2,1-3H3. The van der Waals surface area contributed by atoms with E-state index in [0.717, 1.165) is 18.2 Å². The van der Waals surface area contributed by atoms with Gasteiger partial charge in [-0.1, -0.05) is 15.9 Å². The van der Waals surface area contributed by atoms with Gasteiger partial charge in [-0.25, -0.2) is 12.7 Å². The van der Waals surface area contributed by atoms with Crippen LogP contribution >= 0.6 is 15.9 Å². The molecule has 0 bridgehead atoms. The van der Waals surface area contributed by atoms with Crippen LogP contribution in [0.5, 0.6) is 0 Å². The van der Waals surface area contributed by atoms with Crippen molar-refractivity contribution in [2.24, 2.45) is 0 Å². The minimum absolute atomic E-state index is 0.207. The summed E-state index contributed by atoms with van der Waals surface area (Å²) >= 11 is 3.31. The minimum atomic E-state index is -3.17. The van der Waals surface area contributed by atoms with E-state index in [1.165, 1.54) is 0 Å². The summed E-state index contributed by atoms with van der Waals surface area (Å²) in [6.07, 6.45) is 1.80. The summed E-state index contributed by atoms with van der Waals surface area (Å²) in [5.74, 6) is 0. The lowest BCUT2D eigenvalue weighted by molar-refractivity contribution is 0.0306. The number of hydrogen-bond acceptors (Lipinski definition) is 3. The average Bonchev–Trinajstić information content (AvgIpc) is 2.25. The molecule has 0 aromatic carbocycles. The fourth-order valence-corrected chi connectivity index (χ4v) is 3.49. The zero-order valence-corrected chi connectivity index (χ0v) is 13.2. The quantitative estimate of drug-likeness (QED) is 0.742. The monoisotopic (exact) mass is 327 g/mol. The first kappa shape index (κ1) is 15.4. The van der Waals surface area contributed by atoms with Crippen LogP contribution in [0.2, 0.25) is 0 Å². The van der Waals surface area contributed by atoms with Crippen molar-refractivity contribution in [3.05, 3.63) is 0 Å². The van der Waals surface area contributed by atoms with Crippen LogP contribution in [0.1, 0.15) is 33.6 Å². The third-order valence-electron chi connectivity index (χ3n) is 2.95. The van der Waals surface area contributed by atoms with Crippen LogP contribution < -0.4 is 0 Å². The predicted molar refractivity (Wildman–Crippen MR) is 73.0 cm³/mol. The van der Waals surface area contributed by atoms with E-state index in [4.69, 9.17) is 4.74 Å². The number of alkyl halides is 1. The number of rotatable bonds is 4. The van der Waals surface area contributed by atoms with Crippen LogP contribution in [0.4, 0.5) is 0 Å². The van der Waals surface area contributed by atoms with Gasteiger partial charge in [-0.2, -0.15) is 0 Å². The van der Waals surface area contributed by atoms with Gasteiger partial charge in [0.05, 0.1) is 17.5 Å². The minimum Gasteiger partial charge on any atom is -0.377 e. The molecule has 0 atom stereocenters. The molecule has 17 heavy (non-hydrogen) atoms. The Morgan fingerprint density at radius 1 is 1.29 bits per heavy atom. The van der Waals surface area contributed by atoms with Gasteiger partial charge >= 0.3 is 0 Å². The topological polar surface area (TPSA) is 46.6 Å². The fraction of sp³-hybridized carbons (Fsp3) is 1.00. The van der Waals surface area contributed by atoms with Crippen LogP contribution in [-0.2, 0) is 14.8 Å². The van der Waals surface area contributed by atoms with Gasteiger partial charge in [0.1, 0.15) is 0 Å². The lowest BCUT2D eigenvalue weighted by atomic mass is 10.1. The number of ether oxygens (including phenoxy) is 1. The second kappa shape index (κ2) is 5.99. The molecule has 0 spiro atoms. The number of hydrogen-bond donors (Lipinski definition) is 0. The third-order valence-corrected chi connectivity index (χ3v) is 5.86. The maximum Gasteiger partial charge on any atom is 0.219 e. The summed E-state index contributed by atoms with van der Waals surface area (Å²) in [6, 6.07) is 0. The van der Waals surface area contributed by atoms with E-state index in [2.05, 4.69) is 15.9 Å². The Hall–Kier alpha value is 0.350. The first-order valence-corrected chi connectivity index (χ1v) is 8.52. The van der Waals surface area contributed by atoms with Crippen LogP contribution in [-0.4, -0.2) is 48.6 Å². The van der Waals surface area contributed by atoms with Crippen molar-refractivity contribution < 1.29 is 13.2 Å². The van der Waals surface area contributed by atoms with Crippen molar-refractivity contribution in [3.8, 4) is 0 Å². The molecule has 6 heteroatoms. The van der Waals surface area contributed by atoms with Crippen molar-refractivity contribution >= 4 is 26.0 Å². The fourth-order valence-electron chi connectivity index (χ4n) is 1.84. The molecule has 0 amide bonds. The Balaban J connectivity index is 2.53. The summed E-state index contributed by atoms with van der Waals surface area (Å²) in [7, 11) is -3.17. The highest BCUT2D eigenvalue weighted by molar-refractivity contribution is 9.09. The molecule has 0 N–H and O–H groups in total. The Morgan fingerprint density at radius 3 is 2.24 bits per heavy atom. The highest BCUT2D eigenvalue weighted by Gasteiger charge is 2.37. The molecule has 1 aliphatic rings. The van der Waals surface area contributed by atoms with Gasteiger partial charge in [0.2, 0.25) is 10.0 Å². The second-order valence-corrected chi connectivity index (χ2v) is 8.76. The summed E-state index contributed by atoms with van der Waals surface area (Å²) in [5.41, 5.74) is 0. The SMILES string of the molecule is CC(C)(C)S(=O)(=O)N1CCC(OCCBr)CC1. The number of piperidine rings is 1. The van der Waals surface area contributed by atoms with Gasteiger partial charge < -0.3 is 4.74 Å². The Morgan fingerprint density at radius 2 is 1.82 bits per heavy atom. The highest BCUT2D eigenvalue weighted by Crippen LogP contribution is 2.24. The van der Waals surface area contributed by atoms with Gasteiger partial charge in [0.15, 0.2) is 0 Å². The molecule has 0 unspecified atom stereocenters. The first-order chi connectivity index (χ1) is 7.79. The molecule has 0 aromatic rings. The Labute approximate surface area is 113 Å². The summed E-state index contributed by atoms with van der Waals surface area (Å²) < 4.78 is 30.9. The maximum absolute atomic E-state index is 12.2. The number of sulfonamides is 1. The van der Waals surface area contributed by atoms with Crippen LogP contribution in [0.15, 0.2) is 0 Å². The van der Waals surface area contributed by atoms with E-state index >= 15 is 0 Å². The van der Waals surface area contributed by atoms with Gasteiger partial charge in [-0.3, -0.25) is 0 Å². The molecule has 1 fully saturated rings. The average molecular weight is 328 g/mol. The van der Waals surface area contributed by atoms with Gasteiger partial charge in [0, 0.05) is 18.4 Å².